The molecular formula is C14H22Cl2N2. The summed E-state index contributed by atoms with van der Waals surface area (Å²) in [6, 6.07) is 10.8. The molecule has 102 valence electrons. The fourth-order valence-electron chi connectivity index (χ4n) is 3.24. The van der Waals surface area contributed by atoms with Gasteiger partial charge in [0.05, 0.1) is 0 Å². The van der Waals surface area contributed by atoms with E-state index in [-0.39, 0.29) is 24.8 Å². The Bertz CT molecular complexity index is 371. The Morgan fingerprint density at radius 1 is 1.28 bits per heavy atom. The lowest BCUT2D eigenvalue weighted by molar-refractivity contribution is 0.272. The zero-order valence-corrected chi connectivity index (χ0v) is 12.4. The average Bonchev–Trinajstić information content (AvgIpc) is 2.74. The summed E-state index contributed by atoms with van der Waals surface area (Å²) in [5.41, 5.74) is 1.97. The third-order valence-electron chi connectivity index (χ3n) is 4.22. The second kappa shape index (κ2) is 6.25. The van der Waals surface area contributed by atoms with Crippen molar-refractivity contribution in [2.75, 3.05) is 26.2 Å². The van der Waals surface area contributed by atoms with Gasteiger partial charge >= 0.3 is 0 Å². The highest BCUT2D eigenvalue weighted by Crippen LogP contribution is 2.38. The number of halogens is 2. The van der Waals surface area contributed by atoms with Crippen LogP contribution in [0.3, 0.4) is 0 Å². The summed E-state index contributed by atoms with van der Waals surface area (Å²) in [6.45, 7) is 8.47. The Labute approximate surface area is 122 Å². The van der Waals surface area contributed by atoms with Crippen LogP contribution in [0.15, 0.2) is 30.3 Å². The third-order valence-corrected chi connectivity index (χ3v) is 4.22. The minimum Gasteiger partial charge on any atom is -0.316 e. The van der Waals surface area contributed by atoms with Crippen LogP contribution in [0.5, 0.6) is 0 Å². The molecule has 3 rings (SSSR count). The second-order valence-corrected chi connectivity index (χ2v) is 5.64. The summed E-state index contributed by atoms with van der Waals surface area (Å²) in [5.74, 6) is 0.858. The molecule has 2 atom stereocenters. The van der Waals surface area contributed by atoms with Gasteiger partial charge in [0.2, 0.25) is 0 Å². The molecule has 0 bridgehead atoms. The van der Waals surface area contributed by atoms with E-state index in [0.717, 1.165) is 12.5 Å². The molecule has 0 unspecified atom stereocenters. The maximum atomic E-state index is 3.52. The quantitative estimate of drug-likeness (QED) is 0.900. The minimum atomic E-state index is 0. The Kier molecular flexibility index (Phi) is 5.47. The molecule has 2 nitrogen and oxygen atoms in total. The molecule has 1 N–H and O–H groups in total. The molecule has 0 spiro atoms. The second-order valence-electron chi connectivity index (χ2n) is 5.64. The smallest absolute Gasteiger partial charge is 0.0234 e. The van der Waals surface area contributed by atoms with E-state index in [1.165, 1.54) is 31.7 Å². The standard InChI is InChI=1S/C14H20N2.2ClH/c1-14-10-15-7-13(14)9-16(11-14)8-12-5-3-2-4-6-12;;/h2-6,13,15H,7-11H2,1H3;2*1H/t13-,14+;;/m0../s1. The molecule has 2 saturated heterocycles. The van der Waals surface area contributed by atoms with E-state index >= 15 is 0 Å². The molecule has 0 radical (unpaired) electrons. The van der Waals surface area contributed by atoms with Crippen LogP contribution in [-0.4, -0.2) is 31.1 Å². The van der Waals surface area contributed by atoms with Crippen LogP contribution in [0.1, 0.15) is 12.5 Å². The minimum absolute atomic E-state index is 0. The van der Waals surface area contributed by atoms with Gasteiger partial charge < -0.3 is 5.32 Å². The largest absolute Gasteiger partial charge is 0.316 e. The van der Waals surface area contributed by atoms with E-state index in [2.05, 4.69) is 47.5 Å². The SMILES string of the molecule is C[C@]12CNC[C@H]1CN(Cc1ccccc1)C2.Cl.Cl. The molecule has 1 aromatic carbocycles. The lowest BCUT2D eigenvalue weighted by atomic mass is 9.83. The Balaban J connectivity index is 0.000000810. The fourth-order valence-corrected chi connectivity index (χ4v) is 3.24. The lowest BCUT2D eigenvalue weighted by Gasteiger charge is -2.22. The first-order valence-electron chi connectivity index (χ1n) is 6.23. The maximum Gasteiger partial charge on any atom is 0.0234 e. The highest BCUT2D eigenvalue weighted by molar-refractivity contribution is 5.85. The Morgan fingerprint density at radius 2 is 2.00 bits per heavy atom. The van der Waals surface area contributed by atoms with Crippen LogP contribution in [0.4, 0.5) is 0 Å². The fraction of sp³-hybridized carbons (Fsp3) is 0.571. The van der Waals surface area contributed by atoms with Gasteiger partial charge in [0.15, 0.2) is 0 Å². The van der Waals surface area contributed by atoms with Crippen LogP contribution < -0.4 is 5.32 Å². The van der Waals surface area contributed by atoms with E-state index in [1.807, 2.05) is 0 Å². The normalized spacial score (nSPS) is 30.4. The van der Waals surface area contributed by atoms with E-state index < -0.39 is 0 Å². The topological polar surface area (TPSA) is 15.3 Å². The van der Waals surface area contributed by atoms with Gasteiger partial charge in [-0.05, 0) is 23.4 Å². The van der Waals surface area contributed by atoms with Crippen LogP contribution in [0.2, 0.25) is 0 Å². The summed E-state index contributed by atoms with van der Waals surface area (Å²) in [4.78, 5) is 2.61. The van der Waals surface area contributed by atoms with Crippen molar-refractivity contribution in [3.05, 3.63) is 35.9 Å². The molecule has 0 aliphatic carbocycles. The zero-order valence-electron chi connectivity index (χ0n) is 10.8. The highest BCUT2D eigenvalue weighted by atomic mass is 35.5. The van der Waals surface area contributed by atoms with Gasteiger partial charge in [-0.25, -0.2) is 0 Å². The van der Waals surface area contributed by atoms with Crippen molar-refractivity contribution in [2.24, 2.45) is 11.3 Å². The maximum absolute atomic E-state index is 3.52. The number of nitrogens with zero attached hydrogens (tertiary/aromatic N) is 1. The van der Waals surface area contributed by atoms with Gasteiger partial charge in [-0.2, -0.15) is 0 Å². The summed E-state index contributed by atoms with van der Waals surface area (Å²) < 4.78 is 0. The lowest BCUT2D eigenvalue weighted by Crippen LogP contribution is -2.29. The van der Waals surface area contributed by atoms with E-state index in [0.29, 0.717) is 5.41 Å². The first-order chi connectivity index (χ1) is 7.76. The van der Waals surface area contributed by atoms with Gasteiger partial charge in [-0.15, -0.1) is 24.8 Å². The van der Waals surface area contributed by atoms with E-state index in [1.54, 1.807) is 0 Å². The molecule has 2 aliphatic heterocycles. The number of hydrogen-bond acceptors (Lipinski definition) is 2. The number of hydrogen-bond donors (Lipinski definition) is 1. The first-order valence-corrected chi connectivity index (χ1v) is 6.23. The molecule has 2 fully saturated rings. The number of nitrogens with one attached hydrogen (secondary N) is 1. The Morgan fingerprint density at radius 3 is 2.67 bits per heavy atom. The van der Waals surface area contributed by atoms with Crippen molar-refractivity contribution in [1.82, 2.24) is 10.2 Å². The van der Waals surface area contributed by atoms with E-state index in [4.69, 9.17) is 0 Å². The van der Waals surface area contributed by atoms with Gasteiger partial charge in [0, 0.05) is 26.2 Å². The molecule has 1 aromatic rings. The molecule has 0 amide bonds. The highest BCUT2D eigenvalue weighted by Gasteiger charge is 2.45. The van der Waals surface area contributed by atoms with Crippen molar-refractivity contribution >= 4 is 24.8 Å². The predicted octanol–water partition coefficient (Wildman–Crippen LogP) is 2.57. The van der Waals surface area contributed by atoms with Crippen molar-refractivity contribution in [2.45, 2.75) is 13.5 Å². The third kappa shape index (κ3) is 3.00. The van der Waals surface area contributed by atoms with Crippen molar-refractivity contribution in [3.8, 4) is 0 Å². The number of benzene rings is 1. The summed E-state index contributed by atoms with van der Waals surface area (Å²) >= 11 is 0. The number of rotatable bonds is 2. The molecule has 2 heterocycles. The summed E-state index contributed by atoms with van der Waals surface area (Å²) in [5, 5.41) is 3.52. The van der Waals surface area contributed by atoms with Crippen LogP contribution in [0.25, 0.3) is 0 Å². The first kappa shape index (κ1) is 15.8. The molecular weight excluding hydrogens is 267 g/mol. The van der Waals surface area contributed by atoms with E-state index in [9.17, 15) is 0 Å². The average molecular weight is 289 g/mol. The van der Waals surface area contributed by atoms with Crippen molar-refractivity contribution in [1.29, 1.82) is 0 Å². The molecule has 4 heteroatoms. The number of likely N-dealkylation sites (tertiary alicyclic amines) is 1. The Hall–Kier alpha value is -0.280. The van der Waals surface area contributed by atoms with Crippen molar-refractivity contribution in [3.63, 3.8) is 0 Å². The van der Waals surface area contributed by atoms with Gasteiger partial charge in [-0.1, -0.05) is 37.3 Å². The molecule has 2 aliphatic rings. The van der Waals surface area contributed by atoms with Crippen LogP contribution >= 0.6 is 24.8 Å². The monoisotopic (exact) mass is 288 g/mol. The summed E-state index contributed by atoms with van der Waals surface area (Å²) in [6.07, 6.45) is 0. The molecule has 18 heavy (non-hydrogen) atoms. The zero-order chi connectivity index (χ0) is 11.0. The molecule has 0 aromatic heterocycles. The molecule has 0 saturated carbocycles. The predicted molar refractivity (Wildman–Crippen MR) is 80.7 cm³/mol. The van der Waals surface area contributed by atoms with Crippen molar-refractivity contribution < 1.29 is 0 Å². The van der Waals surface area contributed by atoms with Crippen LogP contribution in [0, 0.1) is 11.3 Å². The van der Waals surface area contributed by atoms with Gasteiger partial charge in [0.25, 0.3) is 0 Å². The van der Waals surface area contributed by atoms with Gasteiger partial charge in [0.1, 0.15) is 0 Å². The number of fused-ring (bicyclic) bond motifs is 1. The van der Waals surface area contributed by atoms with Gasteiger partial charge in [-0.3, -0.25) is 4.90 Å². The summed E-state index contributed by atoms with van der Waals surface area (Å²) in [7, 11) is 0. The van der Waals surface area contributed by atoms with Crippen LogP contribution in [-0.2, 0) is 6.54 Å².